The van der Waals surface area contributed by atoms with Crippen LogP contribution in [0.5, 0.6) is 0 Å². The SMILES string of the molecule is O=C1C2CC=C3C(CC4(Cl)C(=O)N(c5ccc(F)cc5)C(=O)C4(Cl)C3c3ccc(CO)o3)C2C(=O)N1c1ccc([N+](=O)[O-])cc1. The third kappa shape index (κ3) is 3.92. The molecule has 7 rings (SSSR count). The van der Waals surface area contributed by atoms with Gasteiger partial charge in [0.15, 0.2) is 9.75 Å². The maximum Gasteiger partial charge on any atom is 0.269 e. The van der Waals surface area contributed by atoms with Gasteiger partial charge in [-0.25, -0.2) is 9.29 Å². The number of allylic oxidation sites excluding steroid dienone is 2. The van der Waals surface area contributed by atoms with E-state index in [1.807, 2.05) is 0 Å². The van der Waals surface area contributed by atoms with Crippen LogP contribution in [0.25, 0.3) is 0 Å². The van der Waals surface area contributed by atoms with Gasteiger partial charge in [-0.15, -0.1) is 23.2 Å². The van der Waals surface area contributed by atoms with E-state index in [1.54, 1.807) is 6.08 Å². The molecule has 14 heteroatoms. The molecule has 1 N–H and O–H groups in total. The number of aliphatic hydroxyl groups excluding tert-OH is 1. The van der Waals surface area contributed by atoms with Crippen LogP contribution in [0.4, 0.5) is 21.5 Å². The van der Waals surface area contributed by atoms with E-state index in [-0.39, 0.29) is 41.4 Å². The maximum absolute atomic E-state index is 14.3. The number of anilines is 2. The fourth-order valence-electron chi connectivity index (χ4n) is 7.32. The molecule has 1 aromatic heterocycles. The molecule has 0 spiro atoms. The minimum Gasteiger partial charge on any atom is -0.463 e. The highest BCUT2D eigenvalue weighted by atomic mass is 35.5. The normalized spacial score (nSPS) is 30.7. The summed E-state index contributed by atoms with van der Waals surface area (Å²) in [5.41, 5.74) is 0.462. The van der Waals surface area contributed by atoms with Crippen molar-refractivity contribution in [1.29, 1.82) is 0 Å². The van der Waals surface area contributed by atoms with Crippen LogP contribution >= 0.6 is 23.2 Å². The lowest BCUT2D eigenvalue weighted by molar-refractivity contribution is -0.384. The Kier molecular flexibility index (Phi) is 6.56. The van der Waals surface area contributed by atoms with Crippen molar-refractivity contribution in [2.24, 2.45) is 17.8 Å². The molecule has 4 amide bonds. The molecule has 230 valence electrons. The molecule has 3 fully saturated rings. The van der Waals surface area contributed by atoms with E-state index in [2.05, 4.69) is 0 Å². The third-order valence-electron chi connectivity index (χ3n) is 9.34. The van der Waals surface area contributed by atoms with Gasteiger partial charge in [-0.3, -0.25) is 34.2 Å². The molecule has 0 radical (unpaired) electrons. The summed E-state index contributed by atoms with van der Waals surface area (Å²) >= 11 is 14.5. The van der Waals surface area contributed by atoms with Crippen molar-refractivity contribution in [2.75, 3.05) is 9.80 Å². The molecule has 2 saturated heterocycles. The average molecular weight is 654 g/mol. The zero-order valence-electron chi connectivity index (χ0n) is 23.1. The smallest absolute Gasteiger partial charge is 0.269 e. The van der Waals surface area contributed by atoms with Crippen LogP contribution in [-0.2, 0) is 25.8 Å². The molecule has 4 aliphatic rings. The minimum atomic E-state index is -2.16. The first-order chi connectivity index (χ1) is 21.4. The monoisotopic (exact) mass is 653 g/mol. The van der Waals surface area contributed by atoms with Gasteiger partial charge in [0.05, 0.1) is 34.1 Å². The summed E-state index contributed by atoms with van der Waals surface area (Å²) in [6, 6.07) is 12.7. The fourth-order valence-corrected chi connectivity index (χ4v) is 8.24. The molecule has 2 aliphatic carbocycles. The second-order valence-electron chi connectivity index (χ2n) is 11.5. The Morgan fingerprint density at radius 2 is 1.56 bits per heavy atom. The topological polar surface area (TPSA) is 151 Å². The number of non-ortho nitro benzene ring substituents is 1. The quantitative estimate of drug-likeness (QED) is 0.138. The van der Waals surface area contributed by atoms with Crippen LogP contribution in [0.3, 0.4) is 0 Å². The van der Waals surface area contributed by atoms with Crippen LogP contribution in [-0.4, -0.2) is 43.4 Å². The molecule has 3 aromatic rings. The number of nitro benzene ring substituents is 1. The highest BCUT2D eigenvalue weighted by molar-refractivity contribution is 6.58. The molecular formula is C31H22Cl2FN3O8. The number of carbonyl (C=O) groups is 4. The lowest BCUT2D eigenvalue weighted by Crippen LogP contribution is -2.60. The molecule has 0 bridgehead atoms. The maximum atomic E-state index is 14.3. The van der Waals surface area contributed by atoms with E-state index in [4.69, 9.17) is 27.6 Å². The van der Waals surface area contributed by atoms with Crippen molar-refractivity contribution in [1.82, 2.24) is 0 Å². The predicted molar refractivity (Wildman–Crippen MR) is 157 cm³/mol. The van der Waals surface area contributed by atoms with Crippen molar-refractivity contribution >= 4 is 63.9 Å². The number of furan rings is 1. The van der Waals surface area contributed by atoms with Crippen molar-refractivity contribution in [3.8, 4) is 0 Å². The van der Waals surface area contributed by atoms with Crippen LogP contribution in [0.2, 0.25) is 0 Å². The Hall–Kier alpha value is -4.39. The number of hydrogen-bond donors (Lipinski definition) is 1. The Labute approximate surface area is 263 Å². The molecule has 6 unspecified atom stereocenters. The third-order valence-corrected chi connectivity index (χ3v) is 10.8. The number of alkyl halides is 2. The number of halogens is 3. The van der Waals surface area contributed by atoms with Crippen LogP contribution in [0, 0.1) is 33.7 Å². The van der Waals surface area contributed by atoms with Crippen LogP contribution in [0.15, 0.2) is 76.7 Å². The van der Waals surface area contributed by atoms with E-state index < -0.39 is 74.4 Å². The first-order valence-electron chi connectivity index (χ1n) is 14.0. The largest absolute Gasteiger partial charge is 0.463 e. The number of hydrogen-bond acceptors (Lipinski definition) is 8. The number of amides is 4. The van der Waals surface area contributed by atoms with Crippen LogP contribution < -0.4 is 9.80 Å². The number of nitro groups is 1. The van der Waals surface area contributed by atoms with Gasteiger partial charge < -0.3 is 9.52 Å². The zero-order valence-corrected chi connectivity index (χ0v) is 24.6. The molecule has 1 saturated carbocycles. The van der Waals surface area contributed by atoms with Gasteiger partial charge in [0.25, 0.3) is 17.5 Å². The lowest BCUT2D eigenvalue weighted by atomic mass is 9.57. The van der Waals surface area contributed by atoms with Gasteiger partial charge in [0.1, 0.15) is 23.9 Å². The Bertz CT molecular complexity index is 1840. The summed E-state index contributed by atoms with van der Waals surface area (Å²) in [6.45, 7) is -0.465. The molecular weight excluding hydrogens is 632 g/mol. The number of fused-ring (bicyclic) bond motifs is 4. The van der Waals surface area contributed by atoms with E-state index >= 15 is 0 Å². The summed E-state index contributed by atoms with van der Waals surface area (Å²) in [5.74, 6) is -7.02. The Morgan fingerprint density at radius 3 is 2.18 bits per heavy atom. The number of nitrogens with zero attached hydrogens (tertiary/aromatic N) is 3. The highest BCUT2D eigenvalue weighted by Crippen LogP contribution is 2.66. The molecule has 2 aromatic carbocycles. The number of aliphatic hydroxyl groups is 1. The number of carbonyl (C=O) groups excluding carboxylic acids is 4. The zero-order chi connectivity index (χ0) is 32.0. The van der Waals surface area contributed by atoms with E-state index in [0.29, 0.717) is 5.57 Å². The number of rotatable bonds is 5. The summed E-state index contributed by atoms with van der Waals surface area (Å²) in [7, 11) is 0. The van der Waals surface area contributed by atoms with Crippen molar-refractivity contribution < 1.29 is 38.0 Å². The molecule has 11 nitrogen and oxygen atoms in total. The Balaban J connectivity index is 1.35. The predicted octanol–water partition coefficient (Wildman–Crippen LogP) is 4.59. The van der Waals surface area contributed by atoms with Gasteiger partial charge in [-0.1, -0.05) is 11.6 Å². The highest BCUT2D eigenvalue weighted by Gasteiger charge is 2.77. The lowest BCUT2D eigenvalue weighted by Gasteiger charge is -2.49. The first kappa shape index (κ1) is 29.3. The van der Waals surface area contributed by atoms with Crippen LogP contribution in [0.1, 0.15) is 30.3 Å². The molecule has 45 heavy (non-hydrogen) atoms. The summed E-state index contributed by atoms with van der Waals surface area (Å²) in [4.78, 5) is 64.2. The van der Waals surface area contributed by atoms with Gasteiger partial charge in [0, 0.05) is 12.1 Å². The molecule has 3 heterocycles. The standard InChI is InChI=1S/C31H22Cl2FN3O8/c32-30-13-22-20(10-11-21-24(22)27(40)35(26(21)39)16-5-7-18(8-6-16)37(43)44)25(23-12-9-19(14-38)45-23)31(30,33)29(42)36(28(30)41)17-3-1-15(34)2-4-17/h1-10,12,21-22,24-25,38H,11,13-14H2. The average Bonchev–Trinajstić information content (AvgIpc) is 3.64. The number of benzene rings is 2. The van der Waals surface area contributed by atoms with Gasteiger partial charge in [0.2, 0.25) is 11.8 Å². The summed E-state index contributed by atoms with van der Waals surface area (Å²) in [5, 5.41) is 20.9. The second kappa shape index (κ2) is 10.1. The second-order valence-corrected chi connectivity index (χ2v) is 12.7. The van der Waals surface area contributed by atoms with E-state index in [1.165, 1.54) is 48.5 Å². The Morgan fingerprint density at radius 1 is 0.911 bits per heavy atom. The first-order valence-corrected chi connectivity index (χ1v) is 14.7. The summed E-state index contributed by atoms with van der Waals surface area (Å²) < 4.78 is 19.6. The number of imide groups is 2. The van der Waals surface area contributed by atoms with Crippen molar-refractivity contribution in [3.05, 3.63) is 99.8 Å². The van der Waals surface area contributed by atoms with Crippen molar-refractivity contribution in [3.63, 3.8) is 0 Å². The summed E-state index contributed by atoms with van der Waals surface area (Å²) in [6.07, 6.45) is 1.53. The van der Waals surface area contributed by atoms with Gasteiger partial charge in [-0.2, -0.15) is 0 Å². The fraction of sp³-hybridized carbons (Fsp3) is 0.290. The van der Waals surface area contributed by atoms with Gasteiger partial charge >= 0.3 is 0 Å². The minimum absolute atomic E-state index is 0.0430. The van der Waals surface area contributed by atoms with Gasteiger partial charge in [-0.05, 0) is 67.3 Å². The molecule has 2 aliphatic heterocycles. The van der Waals surface area contributed by atoms with Crippen molar-refractivity contribution in [2.45, 2.75) is 35.1 Å². The molecule has 6 atom stereocenters. The van der Waals surface area contributed by atoms with E-state index in [0.717, 1.165) is 21.9 Å². The van der Waals surface area contributed by atoms with E-state index in [9.17, 15) is 38.8 Å².